The highest BCUT2D eigenvalue weighted by Crippen LogP contribution is 2.66. The van der Waals surface area contributed by atoms with Gasteiger partial charge in [-0.05, 0) is 20.3 Å². The van der Waals surface area contributed by atoms with Crippen molar-refractivity contribution in [2.45, 2.75) is 71.1 Å². The first-order valence-corrected chi connectivity index (χ1v) is 11.2. The maximum absolute atomic E-state index is 12.8. The van der Waals surface area contributed by atoms with Gasteiger partial charge in [-0.3, -0.25) is 4.57 Å². The van der Waals surface area contributed by atoms with Crippen molar-refractivity contribution in [3.8, 4) is 0 Å². The maximum Gasteiger partial charge on any atom is 0.342 e. The predicted octanol–water partition coefficient (Wildman–Crippen LogP) is 5.55. The molecule has 0 aromatic heterocycles. The predicted molar refractivity (Wildman–Crippen MR) is 99.3 cm³/mol. The standard InChI is InChI=1S/C15H34O5P2.B/c1-6-9-10-11-12-13-14-15(22(16,17-4)18-5)21(19-7-2)20-8-3;/h15H,6-14H2,1-5H3;. The molecule has 0 saturated carbocycles. The van der Waals surface area contributed by atoms with Gasteiger partial charge in [-0.25, -0.2) is 0 Å². The second-order valence-electron chi connectivity index (χ2n) is 5.06. The molecule has 0 aromatic rings. The third-order valence-corrected chi connectivity index (χ3v) is 8.64. The van der Waals surface area contributed by atoms with Crippen molar-refractivity contribution in [3.05, 3.63) is 0 Å². The van der Waals surface area contributed by atoms with Crippen LogP contribution in [0.2, 0.25) is 0 Å². The van der Waals surface area contributed by atoms with E-state index in [0.717, 1.165) is 19.3 Å². The van der Waals surface area contributed by atoms with Crippen LogP contribution < -0.4 is 0 Å². The topological polar surface area (TPSA) is 54.0 Å². The van der Waals surface area contributed by atoms with Crippen LogP contribution >= 0.6 is 16.0 Å². The maximum atomic E-state index is 12.8. The number of hydrogen-bond acceptors (Lipinski definition) is 5. The highest BCUT2D eigenvalue weighted by molar-refractivity contribution is 7.69. The van der Waals surface area contributed by atoms with Crippen molar-refractivity contribution >= 4 is 24.4 Å². The van der Waals surface area contributed by atoms with Gasteiger partial charge in [0.2, 0.25) is 0 Å². The highest BCUT2D eigenvalue weighted by atomic mass is 31.2. The highest BCUT2D eigenvalue weighted by Gasteiger charge is 2.41. The lowest BCUT2D eigenvalue weighted by Crippen LogP contribution is -2.13. The lowest BCUT2D eigenvalue weighted by atomic mass is 10.1. The van der Waals surface area contributed by atoms with Crippen LogP contribution in [0.25, 0.3) is 0 Å². The van der Waals surface area contributed by atoms with Gasteiger partial charge in [-0.2, -0.15) is 0 Å². The Kier molecular flexibility index (Phi) is 18.0. The van der Waals surface area contributed by atoms with Gasteiger partial charge in [0.05, 0.1) is 13.2 Å². The van der Waals surface area contributed by atoms with E-state index < -0.39 is 16.0 Å². The van der Waals surface area contributed by atoms with Crippen LogP contribution in [-0.4, -0.2) is 41.2 Å². The van der Waals surface area contributed by atoms with E-state index in [9.17, 15) is 4.57 Å². The molecule has 5 nitrogen and oxygen atoms in total. The molecule has 1 unspecified atom stereocenters. The van der Waals surface area contributed by atoms with Gasteiger partial charge in [0.25, 0.3) is 0 Å². The normalized spacial score (nSPS) is 13.1. The molecule has 0 bridgehead atoms. The largest absolute Gasteiger partial charge is 0.342 e. The smallest absolute Gasteiger partial charge is 0.334 e. The second kappa shape index (κ2) is 16.1. The average Bonchev–Trinajstić information content (AvgIpc) is 2.53. The first kappa shape index (κ1) is 25.8. The molecule has 0 heterocycles. The van der Waals surface area contributed by atoms with Gasteiger partial charge < -0.3 is 18.1 Å². The van der Waals surface area contributed by atoms with Crippen LogP contribution in [0.1, 0.15) is 65.7 Å². The van der Waals surface area contributed by atoms with Crippen LogP contribution in [-0.2, 0) is 22.7 Å². The zero-order chi connectivity index (χ0) is 16.8. The van der Waals surface area contributed by atoms with Gasteiger partial charge in [-0.1, -0.05) is 45.4 Å². The summed E-state index contributed by atoms with van der Waals surface area (Å²) in [5.74, 6) is 0. The molecular formula is C15H34BO5P2. The minimum absolute atomic E-state index is 0. The van der Waals surface area contributed by atoms with E-state index >= 15 is 0 Å². The summed E-state index contributed by atoms with van der Waals surface area (Å²) in [5, 5.41) is -0.316. The summed E-state index contributed by atoms with van der Waals surface area (Å²) in [6, 6.07) is 0. The monoisotopic (exact) mass is 367 g/mol. The van der Waals surface area contributed by atoms with Crippen molar-refractivity contribution in [3.63, 3.8) is 0 Å². The SMILES string of the molecule is CCCCCCCCC(P(OCC)OCC)P(=O)(OC)OC.[B]. The molecule has 0 fully saturated rings. The fourth-order valence-corrected chi connectivity index (χ4v) is 6.61. The summed E-state index contributed by atoms with van der Waals surface area (Å²) in [4.78, 5) is 0. The number of unbranched alkanes of at least 4 members (excludes halogenated alkanes) is 5. The van der Waals surface area contributed by atoms with Gasteiger partial charge >= 0.3 is 7.60 Å². The second-order valence-corrected chi connectivity index (χ2v) is 9.61. The molecule has 8 heteroatoms. The van der Waals surface area contributed by atoms with E-state index in [-0.39, 0.29) is 13.8 Å². The van der Waals surface area contributed by atoms with Crippen molar-refractivity contribution < 1.29 is 22.7 Å². The average molecular weight is 367 g/mol. The van der Waals surface area contributed by atoms with Crippen LogP contribution in [0.5, 0.6) is 0 Å². The summed E-state index contributed by atoms with van der Waals surface area (Å²) in [6.07, 6.45) is 7.87. The van der Waals surface area contributed by atoms with Crippen molar-refractivity contribution in [1.82, 2.24) is 0 Å². The van der Waals surface area contributed by atoms with Gasteiger partial charge in [-0.15, -0.1) is 0 Å². The molecule has 0 saturated heterocycles. The van der Waals surface area contributed by atoms with Gasteiger partial charge in [0, 0.05) is 22.6 Å². The summed E-state index contributed by atoms with van der Waals surface area (Å²) >= 11 is 0. The molecule has 0 spiro atoms. The van der Waals surface area contributed by atoms with E-state index in [1.165, 1.54) is 39.9 Å². The van der Waals surface area contributed by atoms with Gasteiger partial charge in [0.15, 0.2) is 8.38 Å². The molecule has 0 aromatic carbocycles. The molecule has 0 N–H and O–H groups in total. The van der Waals surface area contributed by atoms with Gasteiger partial charge in [0.1, 0.15) is 5.40 Å². The van der Waals surface area contributed by atoms with Crippen molar-refractivity contribution in [1.29, 1.82) is 0 Å². The zero-order valence-electron chi connectivity index (χ0n) is 15.5. The van der Waals surface area contributed by atoms with E-state index in [1.54, 1.807) is 0 Å². The quantitative estimate of drug-likeness (QED) is 0.216. The lowest BCUT2D eigenvalue weighted by molar-refractivity contribution is 0.245. The Balaban J connectivity index is 0. The van der Waals surface area contributed by atoms with Crippen molar-refractivity contribution in [2.75, 3.05) is 27.4 Å². The minimum atomic E-state index is -3.19. The Hall–Kier alpha value is 0.565. The Bertz CT molecular complexity index is 294. The third-order valence-electron chi connectivity index (χ3n) is 3.45. The molecule has 0 rings (SSSR count). The first-order chi connectivity index (χ1) is 10.6. The van der Waals surface area contributed by atoms with E-state index in [4.69, 9.17) is 18.1 Å². The summed E-state index contributed by atoms with van der Waals surface area (Å²) < 4.78 is 34.6. The summed E-state index contributed by atoms with van der Waals surface area (Å²) in [6.45, 7) is 7.11. The molecule has 0 aliphatic heterocycles. The van der Waals surface area contributed by atoms with E-state index in [1.807, 2.05) is 13.8 Å². The summed E-state index contributed by atoms with van der Waals surface area (Å²) in [5.41, 5.74) is 0. The first-order valence-electron chi connectivity index (χ1n) is 8.35. The Labute approximate surface area is 146 Å². The molecular weight excluding hydrogens is 333 g/mol. The Morgan fingerprint density at radius 2 is 1.35 bits per heavy atom. The molecule has 0 amide bonds. The fraction of sp³-hybridized carbons (Fsp3) is 1.00. The zero-order valence-corrected chi connectivity index (χ0v) is 17.2. The van der Waals surface area contributed by atoms with Crippen LogP contribution in [0, 0.1) is 0 Å². The Morgan fingerprint density at radius 1 is 0.870 bits per heavy atom. The molecule has 0 aliphatic rings. The number of rotatable bonds is 15. The Morgan fingerprint density at radius 3 is 1.78 bits per heavy atom. The minimum Gasteiger partial charge on any atom is -0.334 e. The molecule has 0 aliphatic carbocycles. The van der Waals surface area contributed by atoms with Crippen LogP contribution in [0.4, 0.5) is 0 Å². The van der Waals surface area contributed by atoms with E-state index in [0.29, 0.717) is 13.2 Å². The summed E-state index contributed by atoms with van der Waals surface area (Å²) in [7, 11) is -1.59. The molecule has 1 atom stereocenters. The van der Waals surface area contributed by atoms with Crippen LogP contribution in [0.3, 0.4) is 0 Å². The number of hydrogen-bond donors (Lipinski definition) is 0. The van der Waals surface area contributed by atoms with Crippen molar-refractivity contribution in [2.24, 2.45) is 0 Å². The molecule has 137 valence electrons. The molecule has 3 radical (unpaired) electrons. The fourth-order valence-electron chi connectivity index (χ4n) is 2.27. The lowest BCUT2D eigenvalue weighted by Gasteiger charge is -2.29. The molecule has 23 heavy (non-hydrogen) atoms. The van der Waals surface area contributed by atoms with E-state index in [2.05, 4.69) is 6.92 Å². The third kappa shape index (κ3) is 10.2. The van der Waals surface area contributed by atoms with Crippen LogP contribution in [0.15, 0.2) is 0 Å².